The number of hydrogen-bond donors (Lipinski definition) is 2. The van der Waals surface area contributed by atoms with Crippen LogP contribution in [0.15, 0.2) is 33.5 Å². The molecule has 0 spiro atoms. The van der Waals surface area contributed by atoms with Gasteiger partial charge in [0.1, 0.15) is 11.5 Å². The second kappa shape index (κ2) is 5.02. The smallest absolute Gasteiger partial charge is 0.307 e. The van der Waals surface area contributed by atoms with Crippen molar-refractivity contribution in [3.05, 3.63) is 60.3 Å². The van der Waals surface area contributed by atoms with E-state index in [2.05, 4.69) is 15.9 Å². The Labute approximate surface area is 136 Å². The number of imide groups is 1. The number of halogens is 1. The van der Waals surface area contributed by atoms with E-state index in [0.29, 0.717) is 0 Å². The van der Waals surface area contributed by atoms with Crippen LogP contribution < -0.4 is 16.6 Å². The Morgan fingerprint density at radius 2 is 1.91 bits per heavy atom. The molecule has 3 N–H and O–H groups in total. The van der Waals surface area contributed by atoms with Gasteiger partial charge in [-0.2, -0.15) is 0 Å². The number of nitro benzene ring substituents is 1. The molecule has 3 rings (SSSR count). The van der Waals surface area contributed by atoms with E-state index in [1.54, 1.807) is 0 Å². The zero-order chi connectivity index (χ0) is 16.9. The number of rotatable bonds is 2. The highest BCUT2D eigenvalue weighted by Gasteiger charge is 2.33. The van der Waals surface area contributed by atoms with E-state index in [4.69, 9.17) is 5.73 Å². The number of fused-ring (bicyclic) bond motifs is 1. The quantitative estimate of drug-likeness (QED) is 0.453. The first-order chi connectivity index (χ1) is 10.8. The second-order valence-corrected chi connectivity index (χ2v) is 5.49. The van der Waals surface area contributed by atoms with Crippen molar-refractivity contribution in [1.29, 1.82) is 0 Å². The predicted molar refractivity (Wildman–Crippen MR) is 82.6 cm³/mol. The number of nitro groups is 1. The summed E-state index contributed by atoms with van der Waals surface area (Å²) in [5.41, 5.74) is 4.28. The van der Waals surface area contributed by atoms with Gasteiger partial charge in [-0.3, -0.25) is 34.4 Å². The number of aromatic nitrogens is 1. The van der Waals surface area contributed by atoms with E-state index in [0.717, 1.165) is 10.6 Å². The van der Waals surface area contributed by atoms with Crippen molar-refractivity contribution in [2.75, 3.05) is 5.73 Å². The number of nitrogens with two attached hydrogens (primary N) is 1. The fraction of sp³-hybridized carbons (Fsp3) is 0. The summed E-state index contributed by atoms with van der Waals surface area (Å²) in [5.74, 6) is -1.82. The van der Waals surface area contributed by atoms with Crippen molar-refractivity contribution in [3.63, 3.8) is 0 Å². The van der Waals surface area contributed by atoms with Crippen molar-refractivity contribution in [3.8, 4) is 5.69 Å². The number of nitrogens with zero attached hydrogens (tertiary/aromatic N) is 2. The van der Waals surface area contributed by atoms with Crippen molar-refractivity contribution in [2.24, 2.45) is 0 Å². The Bertz CT molecular complexity index is 966. The molecule has 0 saturated heterocycles. The third-order valence-corrected chi connectivity index (χ3v) is 3.98. The maximum absolute atomic E-state index is 12.3. The summed E-state index contributed by atoms with van der Waals surface area (Å²) >= 11 is 3.05. The molecule has 1 aromatic heterocycles. The van der Waals surface area contributed by atoms with Gasteiger partial charge in [0.05, 0.1) is 20.5 Å². The van der Waals surface area contributed by atoms with Gasteiger partial charge in [0, 0.05) is 6.07 Å². The molecule has 116 valence electrons. The molecule has 10 heteroatoms. The van der Waals surface area contributed by atoms with Crippen molar-refractivity contribution < 1.29 is 14.5 Å². The van der Waals surface area contributed by atoms with Crippen LogP contribution in [-0.2, 0) is 0 Å². The Balaban J connectivity index is 2.41. The van der Waals surface area contributed by atoms with Gasteiger partial charge in [-0.05, 0) is 28.1 Å². The van der Waals surface area contributed by atoms with Crippen molar-refractivity contribution in [2.45, 2.75) is 0 Å². The van der Waals surface area contributed by atoms with E-state index < -0.39 is 22.3 Å². The number of hydrogen-bond acceptors (Lipinski definition) is 6. The average Bonchev–Trinajstić information content (AvgIpc) is 2.73. The van der Waals surface area contributed by atoms with Gasteiger partial charge in [0.2, 0.25) is 0 Å². The van der Waals surface area contributed by atoms with Gasteiger partial charge in [0.25, 0.3) is 17.4 Å². The molecule has 0 bridgehead atoms. The number of carbonyl (C=O) groups excluding carboxylic acids is 2. The van der Waals surface area contributed by atoms with Crippen LogP contribution in [0.1, 0.15) is 20.7 Å². The van der Waals surface area contributed by atoms with Crippen LogP contribution in [0.2, 0.25) is 0 Å². The molecular formula is C13H7BrN4O5. The van der Waals surface area contributed by atoms with Crippen molar-refractivity contribution in [1.82, 2.24) is 9.88 Å². The fourth-order valence-electron chi connectivity index (χ4n) is 2.39. The molecule has 2 heterocycles. The number of nitrogen functional groups attached to an aromatic ring is 1. The number of anilines is 1. The summed E-state index contributed by atoms with van der Waals surface area (Å²) in [6.45, 7) is 0. The Morgan fingerprint density at radius 1 is 1.22 bits per heavy atom. The molecule has 9 nitrogen and oxygen atoms in total. The van der Waals surface area contributed by atoms with Crippen LogP contribution in [0.5, 0.6) is 0 Å². The Kier molecular flexibility index (Phi) is 3.25. The summed E-state index contributed by atoms with van der Waals surface area (Å²) in [5, 5.41) is 13.3. The molecule has 23 heavy (non-hydrogen) atoms. The van der Waals surface area contributed by atoms with Crippen LogP contribution in [0, 0.1) is 10.1 Å². The first kappa shape index (κ1) is 14.9. The van der Waals surface area contributed by atoms with Gasteiger partial charge in [-0.1, -0.05) is 6.07 Å². The topological polar surface area (TPSA) is 137 Å². The number of amides is 2. The van der Waals surface area contributed by atoms with Crippen molar-refractivity contribution >= 4 is 39.2 Å². The van der Waals surface area contributed by atoms with E-state index in [9.17, 15) is 24.5 Å². The standard InChI is InChI=1S/C13H7BrN4O5/c14-6-2-1-3-7(10(6)18(22)23)17-8(19)4-5-9(11(17)15)13(21)16-12(5)20/h1-4H,15H2,(H,16,20,21). The van der Waals surface area contributed by atoms with Gasteiger partial charge in [0.15, 0.2) is 0 Å². The molecule has 0 radical (unpaired) electrons. The maximum Gasteiger partial charge on any atom is 0.307 e. The minimum atomic E-state index is -0.757. The van der Waals surface area contributed by atoms with E-state index in [1.807, 2.05) is 5.32 Å². The summed E-state index contributed by atoms with van der Waals surface area (Å²) in [6, 6.07) is 5.17. The molecule has 1 aromatic carbocycles. The molecule has 0 fully saturated rings. The lowest BCUT2D eigenvalue weighted by Crippen LogP contribution is -2.24. The van der Waals surface area contributed by atoms with Crippen LogP contribution >= 0.6 is 15.9 Å². The van der Waals surface area contributed by atoms with Gasteiger partial charge < -0.3 is 5.73 Å². The SMILES string of the molecule is Nc1c2c(cc(=O)n1-c1cccc(Br)c1[N+](=O)[O-])C(=O)NC2=O. The minimum Gasteiger partial charge on any atom is -0.384 e. The first-order valence-electron chi connectivity index (χ1n) is 6.17. The monoisotopic (exact) mass is 378 g/mol. The maximum atomic E-state index is 12.3. The van der Waals surface area contributed by atoms with Gasteiger partial charge in [-0.15, -0.1) is 0 Å². The van der Waals surface area contributed by atoms with Crippen LogP contribution in [0.3, 0.4) is 0 Å². The Morgan fingerprint density at radius 3 is 2.57 bits per heavy atom. The van der Waals surface area contributed by atoms with Crippen LogP contribution in [0.25, 0.3) is 5.69 Å². The number of benzene rings is 1. The predicted octanol–water partition coefficient (Wildman–Crippen LogP) is 0.974. The number of carbonyl (C=O) groups is 2. The average molecular weight is 379 g/mol. The third kappa shape index (κ3) is 2.11. The summed E-state index contributed by atoms with van der Waals surface area (Å²) in [7, 11) is 0. The summed E-state index contributed by atoms with van der Waals surface area (Å²) in [4.78, 5) is 46.3. The molecule has 1 aliphatic rings. The lowest BCUT2D eigenvalue weighted by atomic mass is 10.1. The Hall–Kier alpha value is -3.01. The number of pyridine rings is 1. The minimum absolute atomic E-state index is 0.109. The molecule has 0 aliphatic carbocycles. The molecular weight excluding hydrogens is 372 g/mol. The molecule has 1 aliphatic heterocycles. The highest BCUT2D eigenvalue weighted by atomic mass is 79.9. The highest BCUT2D eigenvalue weighted by molar-refractivity contribution is 9.10. The lowest BCUT2D eigenvalue weighted by molar-refractivity contribution is -0.385. The molecule has 0 saturated carbocycles. The third-order valence-electron chi connectivity index (χ3n) is 3.34. The number of para-hydroxylation sites is 1. The molecule has 2 amide bonds. The van der Waals surface area contributed by atoms with E-state index >= 15 is 0 Å². The van der Waals surface area contributed by atoms with E-state index in [1.165, 1.54) is 18.2 Å². The normalized spacial score (nSPS) is 12.9. The van der Waals surface area contributed by atoms with Crippen LogP contribution in [-0.4, -0.2) is 21.3 Å². The van der Waals surface area contributed by atoms with E-state index in [-0.39, 0.29) is 32.8 Å². The van der Waals surface area contributed by atoms with Gasteiger partial charge in [-0.25, -0.2) is 0 Å². The highest BCUT2D eigenvalue weighted by Crippen LogP contribution is 2.33. The number of nitrogens with one attached hydrogen (secondary N) is 1. The molecule has 2 aromatic rings. The van der Waals surface area contributed by atoms with Gasteiger partial charge >= 0.3 is 5.69 Å². The zero-order valence-electron chi connectivity index (χ0n) is 11.2. The largest absolute Gasteiger partial charge is 0.384 e. The summed E-state index contributed by atoms with van der Waals surface area (Å²) < 4.78 is 0.979. The fourth-order valence-corrected chi connectivity index (χ4v) is 2.89. The van der Waals surface area contributed by atoms with Crippen LogP contribution in [0.4, 0.5) is 11.5 Å². The zero-order valence-corrected chi connectivity index (χ0v) is 12.8. The molecule has 0 atom stereocenters. The lowest BCUT2D eigenvalue weighted by Gasteiger charge is -2.12. The summed E-state index contributed by atoms with van der Waals surface area (Å²) in [6.07, 6.45) is 0. The second-order valence-electron chi connectivity index (χ2n) is 4.64. The first-order valence-corrected chi connectivity index (χ1v) is 6.96. The molecule has 0 unspecified atom stereocenters.